The van der Waals surface area contributed by atoms with Crippen molar-refractivity contribution in [2.45, 2.75) is 113 Å². The molecule has 0 aliphatic heterocycles. The van der Waals surface area contributed by atoms with Crippen LogP contribution in [0, 0.1) is 44.3 Å². The highest BCUT2D eigenvalue weighted by Crippen LogP contribution is 2.74. The molecule has 37 heavy (non-hydrogen) atoms. The van der Waals surface area contributed by atoms with Gasteiger partial charge < -0.3 is 9.84 Å². The lowest BCUT2D eigenvalue weighted by Crippen LogP contribution is -2.63. The number of carboxylic acid groups (broad SMARTS) is 1. The molecule has 0 aromatic rings. The SMILES string of the molecule is CC(=O)OC1C[C@]2(C(=O)O)CC[C@]3(C)C(=C2CC1(C)C)C=C[C@@H]1[C@@]2(C)CCC(=O)C(C)(C)[C@@H]2CC[C@]13C. The number of fused-ring (bicyclic) bond motifs is 6. The number of hydrogen-bond donors (Lipinski definition) is 1. The molecule has 0 amide bonds. The molecule has 5 nitrogen and oxygen atoms in total. The van der Waals surface area contributed by atoms with Crippen LogP contribution in [0.4, 0.5) is 0 Å². The van der Waals surface area contributed by atoms with Gasteiger partial charge in [-0.2, -0.15) is 0 Å². The van der Waals surface area contributed by atoms with Crippen molar-refractivity contribution >= 4 is 17.7 Å². The molecular weight excluding hydrogens is 464 g/mol. The fourth-order valence-electron chi connectivity index (χ4n) is 10.1. The lowest BCUT2D eigenvalue weighted by Gasteiger charge is -2.68. The Morgan fingerprint density at radius 3 is 2.30 bits per heavy atom. The minimum atomic E-state index is -0.988. The normalized spacial score (nSPS) is 45.7. The monoisotopic (exact) mass is 510 g/mol. The van der Waals surface area contributed by atoms with E-state index in [0.717, 1.165) is 31.3 Å². The second kappa shape index (κ2) is 7.82. The summed E-state index contributed by atoms with van der Waals surface area (Å²) in [6.45, 7) is 17.2. The van der Waals surface area contributed by atoms with Crippen molar-refractivity contribution < 1.29 is 24.2 Å². The molecule has 5 aliphatic carbocycles. The number of carboxylic acids is 1. The number of allylic oxidation sites excluding steroid dienone is 3. The summed E-state index contributed by atoms with van der Waals surface area (Å²) in [6, 6.07) is 0. The van der Waals surface area contributed by atoms with Crippen molar-refractivity contribution in [3.63, 3.8) is 0 Å². The number of aliphatic carboxylic acids is 1. The van der Waals surface area contributed by atoms with Crippen LogP contribution >= 0.6 is 0 Å². The lowest BCUT2D eigenvalue weighted by atomic mass is 9.35. The summed E-state index contributed by atoms with van der Waals surface area (Å²) in [7, 11) is 0. The van der Waals surface area contributed by atoms with E-state index in [1.807, 2.05) is 0 Å². The van der Waals surface area contributed by atoms with E-state index in [4.69, 9.17) is 4.74 Å². The average molecular weight is 511 g/mol. The summed E-state index contributed by atoms with van der Waals surface area (Å²) in [5.74, 6) is -0.0105. The number of carbonyl (C=O) groups excluding carboxylic acids is 2. The Balaban J connectivity index is 1.66. The van der Waals surface area contributed by atoms with Crippen LogP contribution in [0.2, 0.25) is 0 Å². The van der Waals surface area contributed by atoms with Gasteiger partial charge in [0.25, 0.3) is 0 Å². The maximum Gasteiger partial charge on any atom is 0.313 e. The van der Waals surface area contributed by atoms with Crippen molar-refractivity contribution in [1.29, 1.82) is 0 Å². The maximum atomic E-state index is 13.0. The van der Waals surface area contributed by atoms with Gasteiger partial charge in [0.1, 0.15) is 11.9 Å². The van der Waals surface area contributed by atoms with Gasteiger partial charge in [0.05, 0.1) is 5.41 Å². The molecule has 7 atom stereocenters. The van der Waals surface area contributed by atoms with E-state index < -0.39 is 17.5 Å². The number of Topliss-reactive ketones (excluding diaryl/α,β-unsaturated/α-hetero) is 1. The molecule has 1 unspecified atom stereocenters. The molecule has 3 fully saturated rings. The molecule has 5 rings (SSSR count). The summed E-state index contributed by atoms with van der Waals surface area (Å²) in [5.41, 5.74) is 0.566. The highest BCUT2D eigenvalue weighted by Gasteiger charge is 2.68. The van der Waals surface area contributed by atoms with Crippen molar-refractivity contribution in [3.8, 4) is 0 Å². The summed E-state index contributed by atoms with van der Waals surface area (Å²) in [4.78, 5) is 37.9. The van der Waals surface area contributed by atoms with Crippen LogP contribution in [0.25, 0.3) is 0 Å². The first-order valence-corrected chi connectivity index (χ1v) is 14.3. The Kier molecular flexibility index (Phi) is 5.64. The van der Waals surface area contributed by atoms with Crippen LogP contribution in [0.1, 0.15) is 107 Å². The molecule has 1 N–H and O–H groups in total. The predicted molar refractivity (Wildman–Crippen MR) is 143 cm³/mol. The molecule has 5 heteroatoms. The van der Waals surface area contributed by atoms with Gasteiger partial charge in [-0.3, -0.25) is 14.4 Å². The van der Waals surface area contributed by atoms with Gasteiger partial charge in [0.15, 0.2) is 0 Å². The van der Waals surface area contributed by atoms with E-state index in [1.165, 1.54) is 12.5 Å². The zero-order valence-corrected chi connectivity index (χ0v) is 24.1. The zero-order valence-electron chi connectivity index (χ0n) is 24.1. The van der Waals surface area contributed by atoms with Crippen LogP contribution in [-0.4, -0.2) is 28.9 Å². The van der Waals surface area contributed by atoms with E-state index in [-0.39, 0.29) is 33.0 Å². The van der Waals surface area contributed by atoms with Crippen molar-refractivity contribution in [3.05, 3.63) is 23.3 Å². The summed E-state index contributed by atoms with van der Waals surface area (Å²) in [5, 5.41) is 10.7. The van der Waals surface area contributed by atoms with Gasteiger partial charge in [-0.1, -0.05) is 60.6 Å². The first-order chi connectivity index (χ1) is 17.0. The summed E-state index contributed by atoms with van der Waals surface area (Å²) in [6.07, 6.45) is 10.3. The topological polar surface area (TPSA) is 80.7 Å². The number of rotatable bonds is 2. The second-order valence-corrected chi connectivity index (χ2v) is 15.1. The molecule has 0 radical (unpaired) electrons. The van der Waals surface area contributed by atoms with Gasteiger partial charge >= 0.3 is 11.9 Å². The van der Waals surface area contributed by atoms with E-state index in [1.54, 1.807) is 0 Å². The molecule has 5 aliphatic rings. The number of carbonyl (C=O) groups is 3. The van der Waals surface area contributed by atoms with Crippen molar-refractivity contribution in [1.82, 2.24) is 0 Å². The fraction of sp³-hybridized carbons (Fsp3) is 0.781. The highest BCUT2D eigenvalue weighted by molar-refractivity contribution is 5.85. The van der Waals surface area contributed by atoms with Crippen LogP contribution in [-0.2, 0) is 19.1 Å². The zero-order chi connectivity index (χ0) is 27.4. The molecule has 0 spiro atoms. The van der Waals surface area contributed by atoms with E-state index in [0.29, 0.717) is 43.3 Å². The van der Waals surface area contributed by atoms with Gasteiger partial charge in [-0.25, -0.2) is 0 Å². The minimum Gasteiger partial charge on any atom is -0.481 e. The minimum absolute atomic E-state index is 0.00661. The number of hydrogen-bond acceptors (Lipinski definition) is 4. The van der Waals surface area contributed by atoms with Crippen LogP contribution < -0.4 is 0 Å². The fourth-order valence-corrected chi connectivity index (χ4v) is 10.1. The number of ether oxygens (including phenoxy) is 1. The first-order valence-electron chi connectivity index (χ1n) is 14.3. The predicted octanol–water partition coefficient (Wildman–Crippen LogP) is 6.90. The standard InChI is InChI=1S/C32H46O5/c1-19(33)37-25-18-32(26(35)36)16-15-30(7)20(21(32)17-27(25,2)3)9-10-23-29(6)13-12-24(34)28(4,5)22(29)11-14-31(23,30)8/h9-10,22-23,25H,11-18H2,1-8H3,(H,35,36)/t22-,23+,25?,29-,30+,31+,32+/m0/s1. The third-order valence-electron chi connectivity index (χ3n) is 12.6. The molecule has 0 bridgehead atoms. The van der Waals surface area contributed by atoms with Gasteiger partial charge in [-0.05, 0) is 77.8 Å². The molecule has 0 aromatic heterocycles. The summed E-state index contributed by atoms with van der Waals surface area (Å²) >= 11 is 0. The Hall–Kier alpha value is -1.91. The third-order valence-corrected chi connectivity index (χ3v) is 12.6. The average Bonchev–Trinajstić information content (AvgIpc) is 2.77. The van der Waals surface area contributed by atoms with E-state index in [9.17, 15) is 19.5 Å². The van der Waals surface area contributed by atoms with Crippen molar-refractivity contribution in [2.24, 2.45) is 44.3 Å². The Morgan fingerprint density at radius 1 is 1.00 bits per heavy atom. The second-order valence-electron chi connectivity index (χ2n) is 15.1. The van der Waals surface area contributed by atoms with Gasteiger partial charge in [0, 0.05) is 30.6 Å². The van der Waals surface area contributed by atoms with Crippen LogP contribution in [0.3, 0.4) is 0 Å². The quantitative estimate of drug-likeness (QED) is 0.409. The Bertz CT molecular complexity index is 1130. The van der Waals surface area contributed by atoms with Gasteiger partial charge in [-0.15, -0.1) is 0 Å². The Labute approximate surface area is 222 Å². The number of ketones is 1. The van der Waals surface area contributed by atoms with Crippen molar-refractivity contribution in [2.75, 3.05) is 0 Å². The molecular formula is C32H46O5. The largest absolute Gasteiger partial charge is 0.481 e. The van der Waals surface area contributed by atoms with Gasteiger partial charge in [0.2, 0.25) is 0 Å². The molecule has 204 valence electrons. The number of esters is 1. The smallest absolute Gasteiger partial charge is 0.313 e. The summed E-state index contributed by atoms with van der Waals surface area (Å²) < 4.78 is 5.73. The van der Waals surface area contributed by atoms with E-state index in [2.05, 4.69) is 60.6 Å². The third kappa shape index (κ3) is 3.30. The molecule has 0 heterocycles. The molecule has 0 saturated heterocycles. The van der Waals surface area contributed by atoms with E-state index >= 15 is 0 Å². The molecule has 0 aromatic carbocycles. The first kappa shape index (κ1) is 26.7. The molecule has 3 saturated carbocycles. The highest BCUT2D eigenvalue weighted by atomic mass is 16.5. The van der Waals surface area contributed by atoms with Crippen LogP contribution in [0.15, 0.2) is 23.3 Å². The van der Waals surface area contributed by atoms with Crippen LogP contribution in [0.5, 0.6) is 0 Å². The lowest BCUT2D eigenvalue weighted by molar-refractivity contribution is -0.174. The maximum absolute atomic E-state index is 13.0. The Morgan fingerprint density at radius 2 is 1.68 bits per heavy atom.